The van der Waals surface area contributed by atoms with Gasteiger partial charge in [0.1, 0.15) is 51.9 Å². The molecule has 29 heteroatoms. The van der Waals surface area contributed by atoms with E-state index in [9.17, 15) is 60.3 Å². The standard InChI is InChI=1S/C17H16FNO4.C16H14FNO4.C10H11FO3.C9H9FO3.C9H18N2O2.C8H9FO.C7H7NO2.CH4/c1-22-17(21)12-7-6-11(10-14(12)18)8-9-23-15-5-3-2-4-13(15)16(19)20;17-13-9-10(5-6-11(13)16(20)21)7-8-22-14-4-2-1-3-12(14)15(18)19;1-14-10(13)8-3-2-7(4-5-12)6-9(8)11;10-8-5-6(3-4-11)1-2-7(8)9(12)13;1-9(2,3)13-8(12)11-6-4-10-5-7-11;9-8-3-1-2-7(6-8)4-5-10;8-7(10)5-3-1-2-4-6(5)9;/h2-7,10H,8-9H2,1H3,(H2,19,20);1-6,9H,7-8H2,(H2,18,19)(H,20,21);2-3,6,12H,4-5H2,1H3;1-2,5,11H,3-4H2,(H,12,13);10H,4-7H2,1-3H3;1-3,6,10H,4-5H2;1-4,9H,(H2,8,10);1H4. The highest BCUT2D eigenvalue weighted by Gasteiger charge is 2.23. The van der Waals surface area contributed by atoms with Crippen molar-refractivity contribution in [1.29, 1.82) is 0 Å². The maximum Gasteiger partial charge on any atom is 0.410 e. The number of halogens is 5. The molecular formula is C77H88F5N5O19. The third-order valence-corrected chi connectivity index (χ3v) is 14.0. The zero-order valence-electron chi connectivity index (χ0n) is 58.1. The summed E-state index contributed by atoms with van der Waals surface area (Å²) in [4.78, 5) is 89.7. The van der Waals surface area contributed by atoms with Gasteiger partial charge in [-0.2, -0.15) is 0 Å². The van der Waals surface area contributed by atoms with Crippen molar-refractivity contribution < 1.29 is 115 Å². The summed E-state index contributed by atoms with van der Waals surface area (Å²) >= 11 is 0. The van der Waals surface area contributed by atoms with Gasteiger partial charge in [-0.3, -0.25) is 14.4 Å². The Morgan fingerprint density at radius 2 is 0.783 bits per heavy atom. The number of rotatable bonds is 21. The number of phenols is 1. The molecule has 106 heavy (non-hydrogen) atoms. The van der Waals surface area contributed by atoms with Gasteiger partial charge in [-0.15, -0.1) is 0 Å². The zero-order chi connectivity index (χ0) is 78.2. The number of aromatic carboxylic acids is 2. The Hall–Kier alpha value is -11.8. The van der Waals surface area contributed by atoms with Crippen LogP contribution >= 0.6 is 0 Å². The van der Waals surface area contributed by atoms with Crippen LogP contribution in [-0.2, 0) is 46.3 Å². The Morgan fingerprint density at radius 1 is 0.443 bits per heavy atom. The van der Waals surface area contributed by atoms with E-state index in [1.54, 1.807) is 89.8 Å². The van der Waals surface area contributed by atoms with Gasteiger partial charge >= 0.3 is 30.0 Å². The molecule has 1 aliphatic heterocycles. The second-order valence-electron chi connectivity index (χ2n) is 22.9. The molecule has 1 fully saturated rings. The second kappa shape index (κ2) is 47.5. The first-order valence-corrected chi connectivity index (χ1v) is 32.0. The quantitative estimate of drug-likeness (QED) is 0.0181. The van der Waals surface area contributed by atoms with Crippen molar-refractivity contribution in [3.63, 3.8) is 0 Å². The second-order valence-corrected chi connectivity index (χ2v) is 22.9. The molecule has 0 aliphatic carbocycles. The first kappa shape index (κ1) is 90.3. The molecule has 0 atom stereocenters. The first-order valence-electron chi connectivity index (χ1n) is 32.0. The highest BCUT2D eigenvalue weighted by Crippen LogP contribution is 2.22. The minimum atomic E-state index is -1.31. The Morgan fingerprint density at radius 3 is 1.09 bits per heavy atom. The number of aliphatic hydroxyl groups excluding tert-OH is 3. The molecular weight excluding hydrogens is 1390 g/mol. The number of carboxylic acids is 2. The number of nitrogens with zero attached hydrogens (tertiary/aromatic N) is 1. The molecule has 570 valence electrons. The molecule has 0 aromatic heterocycles. The fourth-order valence-electron chi connectivity index (χ4n) is 8.84. The van der Waals surface area contributed by atoms with E-state index >= 15 is 0 Å². The van der Waals surface area contributed by atoms with Gasteiger partial charge in [0.25, 0.3) is 17.7 Å². The van der Waals surface area contributed by atoms with Gasteiger partial charge in [-0.05, 0) is 165 Å². The number of aromatic hydroxyl groups is 1. The molecule has 4 amide bonds. The first-order chi connectivity index (χ1) is 49.9. The number of aliphatic hydroxyl groups is 3. The number of amides is 4. The fourth-order valence-corrected chi connectivity index (χ4v) is 8.84. The largest absolute Gasteiger partial charge is 0.507 e. The molecule has 0 saturated carbocycles. The number of para-hydroxylation sites is 3. The summed E-state index contributed by atoms with van der Waals surface area (Å²) in [5, 5.41) is 55.1. The monoisotopic (exact) mass is 1480 g/mol. The fraction of sp³-hybridized carbons (Fsp3) is 0.273. The molecule has 0 bridgehead atoms. The lowest BCUT2D eigenvalue weighted by Gasteiger charge is -2.30. The predicted octanol–water partition coefficient (Wildman–Crippen LogP) is 10.1. The van der Waals surface area contributed by atoms with E-state index in [1.807, 2.05) is 20.8 Å². The van der Waals surface area contributed by atoms with E-state index in [1.165, 1.54) is 87.0 Å². The summed E-state index contributed by atoms with van der Waals surface area (Å²) < 4.78 is 91.1. The van der Waals surface area contributed by atoms with E-state index in [4.69, 9.17) is 62.1 Å². The van der Waals surface area contributed by atoms with Crippen molar-refractivity contribution in [1.82, 2.24) is 10.2 Å². The number of esters is 2. The molecule has 9 rings (SSSR count). The number of benzene rings is 8. The number of nitrogens with two attached hydrogens (primary N) is 3. The maximum absolute atomic E-state index is 13.8. The molecule has 0 unspecified atom stereocenters. The Labute approximate surface area is 609 Å². The lowest BCUT2D eigenvalue weighted by molar-refractivity contribution is 0.0227. The lowest BCUT2D eigenvalue weighted by Crippen LogP contribution is -2.48. The summed E-state index contributed by atoms with van der Waals surface area (Å²) in [5.74, 6) is -8.19. The summed E-state index contributed by atoms with van der Waals surface area (Å²) in [6.45, 7) is 9.25. The van der Waals surface area contributed by atoms with Gasteiger partial charge in [0, 0.05) is 58.8 Å². The Balaban J connectivity index is 0.000000429. The van der Waals surface area contributed by atoms with Gasteiger partial charge in [-0.25, -0.2) is 45.9 Å². The highest BCUT2D eigenvalue weighted by molar-refractivity contribution is 5.97. The van der Waals surface area contributed by atoms with E-state index in [0.29, 0.717) is 71.4 Å². The number of piperazine rings is 1. The number of ether oxygens (including phenoxy) is 5. The summed E-state index contributed by atoms with van der Waals surface area (Å²) in [6, 6.07) is 41.7. The van der Waals surface area contributed by atoms with Gasteiger partial charge in [0.05, 0.1) is 66.4 Å². The number of primary amides is 3. The van der Waals surface area contributed by atoms with Crippen LogP contribution in [0.25, 0.3) is 0 Å². The van der Waals surface area contributed by atoms with Crippen LogP contribution < -0.4 is 32.0 Å². The zero-order valence-corrected chi connectivity index (χ0v) is 58.1. The van der Waals surface area contributed by atoms with Crippen molar-refractivity contribution in [3.05, 3.63) is 266 Å². The molecule has 0 radical (unpaired) electrons. The smallest absolute Gasteiger partial charge is 0.410 e. The average molecular weight is 1480 g/mol. The Bertz CT molecular complexity index is 4170. The van der Waals surface area contributed by atoms with E-state index in [2.05, 4.69) is 14.8 Å². The van der Waals surface area contributed by atoms with Crippen molar-refractivity contribution in [3.8, 4) is 17.2 Å². The van der Waals surface area contributed by atoms with Crippen LogP contribution in [0.4, 0.5) is 26.7 Å². The van der Waals surface area contributed by atoms with Gasteiger partial charge < -0.3 is 81.7 Å². The maximum atomic E-state index is 13.8. The SMILES string of the molecule is C.CC(C)(C)OC(=O)N1CCNCC1.COC(=O)c1ccc(CCO)cc1F.COC(=O)c1ccc(CCOc2ccccc2C(N)=O)cc1F.NC(=O)c1ccccc1O.NC(=O)c1ccccc1OCCc1ccc(C(=O)O)c(F)c1.O=C(O)c1ccc(CCO)cc1F.OCCc1cccc(F)c1. The van der Waals surface area contributed by atoms with Crippen LogP contribution in [0.5, 0.6) is 17.2 Å². The number of carbonyl (C=O) groups is 8. The van der Waals surface area contributed by atoms with Gasteiger partial charge in [0.15, 0.2) is 0 Å². The van der Waals surface area contributed by atoms with Gasteiger partial charge in [0.2, 0.25) is 0 Å². The molecule has 8 aromatic carbocycles. The summed E-state index contributed by atoms with van der Waals surface area (Å²) in [7, 11) is 2.39. The highest BCUT2D eigenvalue weighted by atomic mass is 19.1. The van der Waals surface area contributed by atoms with Crippen LogP contribution in [0.3, 0.4) is 0 Å². The van der Waals surface area contributed by atoms with Crippen molar-refractivity contribution in [2.75, 3.05) is 73.4 Å². The number of carboxylic acid groups (broad SMARTS) is 2. The lowest BCUT2D eigenvalue weighted by atomic mass is 10.1. The molecule has 13 N–H and O–H groups in total. The number of nitrogens with one attached hydrogen (secondary N) is 1. The molecule has 0 spiro atoms. The topological polar surface area (TPSA) is 397 Å². The molecule has 24 nitrogen and oxygen atoms in total. The van der Waals surface area contributed by atoms with E-state index in [0.717, 1.165) is 43.9 Å². The number of hydrogen-bond acceptors (Lipinski definition) is 18. The van der Waals surface area contributed by atoms with E-state index < -0.39 is 64.9 Å². The normalized spacial score (nSPS) is 10.9. The number of carbonyl (C=O) groups excluding carboxylic acids is 6. The van der Waals surface area contributed by atoms with Crippen molar-refractivity contribution >= 4 is 47.7 Å². The van der Waals surface area contributed by atoms with Crippen molar-refractivity contribution in [2.24, 2.45) is 17.2 Å². The summed E-state index contributed by atoms with van der Waals surface area (Å²) in [5.41, 5.74) is 18.2. The molecule has 1 aliphatic rings. The third kappa shape index (κ3) is 32.7. The van der Waals surface area contributed by atoms with Crippen LogP contribution in [0, 0.1) is 29.1 Å². The number of methoxy groups -OCH3 is 2. The molecule has 1 saturated heterocycles. The van der Waals surface area contributed by atoms with E-state index in [-0.39, 0.29) is 97.1 Å². The van der Waals surface area contributed by atoms with Crippen LogP contribution in [0.1, 0.15) is 129 Å². The van der Waals surface area contributed by atoms with Gasteiger partial charge in [-0.1, -0.05) is 80.2 Å². The predicted molar refractivity (Wildman–Crippen MR) is 383 cm³/mol. The minimum Gasteiger partial charge on any atom is -0.507 e. The van der Waals surface area contributed by atoms with Crippen LogP contribution in [0.15, 0.2) is 170 Å². The number of hydrogen-bond donors (Lipinski definition) is 10. The van der Waals surface area contributed by atoms with Crippen LogP contribution in [0.2, 0.25) is 0 Å². The van der Waals surface area contributed by atoms with Crippen molar-refractivity contribution in [2.45, 2.75) is 65.9 Å². The van der Waals surface area contributed by atoms with Crippen LogP contribution in [-0.4, -0.2) is 162 Å². The summed E-state index contributed by atoms with van der Waals surface area (Å²) in [6.07, 6.45) is 1.80. The molecule has 1 heterocycles. The average Bonchev–Trinajstić information content (AvgIpc) is 0.864. The Kier molecular flexibility index (Phi) is 40.4. The minimum absolute atomic E-state index is 0. The molecule has 8 aromatic rings. The third-order valence-electron chi connectivity index (χ3n) is 14.0.